The van der Waals surface area contributed by atoms with E-state index in [1.54, 1.807) is 11.9 Å². The van der Waals surface area contributed by atoms with Crippen molar-refractivity contribution in [1.82, 2.24) is 4.90 Å². The summed E-state index contributed by atoms with van der Waals surface area (Å²) in [6.07, 6.45) is 1.85. The molecule has 0 radical (unpaired) electrons. The van der Waals surface area contributed by atoms with Gasteiger partial charge in [-0.3, -0.25) is 4.79 Å². The highest BCUT2D eigenvalue weighted by Crippen LogP contribution is 2.31. The second-order valence-corrected chi connectivity index (χ2v) is 5.12. The molecule has 1 heterocycles. The normalized spacial score (nSPS) is 24.5. The van der Waals surface area contributed by atoms with E-state index in [4.69, 9.17) is 15.7 Å². The van der Waals surface area contributed by atoms with Gasteiger partial charge >= 0.3 is 0 Å². The van der Waals surface area contributed by atoms with Gasteiger partial charge in [-0.05, 0) is 26.2 Å². The standard InChI is InChI=1S/C13H25N3O3/c1-5-13(6-2,11(14)15-18)12(17)16(4)10-7-8-19-9(10)3/h9-10,18H,5-8H2,1-4H3,(H2,14,15). The monoisotopic (exact) mass is 271 g/mol. The van der Waals surface area contributed by atoms with Crippen LogP contribution >= 0.6 is 0 Å². The fourth-order valence-corrected chi connectivity index (χ4v) is 2.84. The first kappa shape index (κ1) is 15.8. The van der Waals surface area contributed by atoms with Crippen LogP contribution in [0.1, 0.15) is 40.0 Å². The molecule has 0 aromatic carbocycles. The van der Waals surface area contributed by atoms with E-state index < -0.39 is 5.41 Å². The highest BCUT2D eigenvalue weighted by atomic mass is 16.5. The van der Waals surface area contributed by atoms with E-state index in [1.807, 2.05) is 20.8 Å². The van der Waals surface area contributed by atoms with Crippen molar-refractivity contribution >= 4 is 11.7 Å². The maximum atomic E-state index is 12.8. The summed E-state index contributed by atoms with van der Waals surface area (Å²) in [4.78, 5) is 14.5. The molecule has 0 aromatic heterocycles. The molecule has 6 heteroatoms. The van der Waals surface area contributed by atoms with Gasteiger partial charge in [-0.2, -0.15) is 0 Å². The molecule has 1 aliphatic heterocycles. The summed E-state index contributed by atoms with van der Waals surface area (Å²) in [6, 6.07) is 0.0523. The van der Waals surface area contributed by atoms with Crippen LogP contribution in [0.25, 0.3) is 0 Å². The zero-order valence-electron chi connectivity index (χ0n) is 12.2. The number of amidine groups is 1. The number of hydrogen-bond donors (Lipinski definition) is 2. The number of nitrogens with two attached hydrogens (primary N) is 1. The van der Waals surface area contributed by atoms with E-state index in [1.165, 1.54) is 0 Å². The van der Waals surface area contributed by atoms with Crippen molar-refractivity contribution < 1.29 is 14.7 Å². The smallest absolute Gasteiger partial charge is 0.236 e. The van der Waals surface area contributed by atoms with Crippen LogP contribution in [0, 0.1) is 5.41 Å². The summed E-state index contributed by atoms with van der Waals surface area (Å²) in [6.45, 7) is 6.38. The van der Waals surface area contributed by atoms with Gasteiger partial charge in [-0.25, -0.2) is 0 Å². The first-order chi connectivity index (χ1) is 8.94. The summed E-state index contributed by atoms with van der Waals surface area (Å²) in [5, 5.41) is 12.0. The van der Waals surface area contributed by atoms with Crippen molar-refractivity contribution in [2.45, 2.75) is 52.2 Å². The van der Waals surface area contributed by atoms with Gasteiger partial charge < -0.3 is 20.6 Å². The topological polar surface area (TPSA) is 88.2 Å². The van der Waals surface area contributed by atoms with Gasteiger partial charge in [0.1, 0.15) is 5.41 Å². The van der Waals surface area contributed by atoms with Crippen molar-refractivity contribution in [1.29, 1.82) is 0 Å². The van der Waals surface area contributed by atoms with E-state index in [2.05, 4.69) is 5.16 Å². The Morgan fingerprint density at radius 1 is 1.53 bits per heavy atom. The molecule has 2 atom stereocenters. The lowest BCUT2D eigenvalue weighted by Crippen LogP contribution is -2.53. The average Bonchev–Trinajstić information content (AvgIpc) is 2.85. The Kier molecular flexibility index (Phi) is 5.17. The van der Waals surface area contributed by atoms with Gasteiger partial charge in [0.25, 0.3) is 0 Å². The van der Waals surface area contributed by atoms with Crippen LogP contribution in [0.4, 0.5) is 0 Å². The molecule has 1 rings (SSSR count). The number of amides is 1. The highest BCUT2D eigenvalue weighted by Gasteiger charge is 2.44. The number of carbonyl (C=O) groups is 1. The van der Waals surface area contributed by atoms with E-state index in [0.717, 1.165) is 6.42 Å². The molecule has 0 aliphatic carbocycles. The molecule has 0 spiro atoms. The van der Waals surface area contributed by atoms with Gasteiger partial charge in [0.05, 0.1) is 12.1 Å². The largest absolute Gasteiger partial charge is 0.409 e. The van der Waals surface area contributed by atoms with E-state index >= 15 is 0 Å². The maximum absolute atomic E-state index is 12.8. The molecule has 3 N–H and O–H groups in total. The van der Waals surface area contributed by atoms with Crippen LogP contribution in [0.5, 0.6) is 0 Å². The Labute approximate surface area is 114 Å². The summed E-state index contributed by atoms with van der Waals surface area (Å²) in [5.41, 5.74) is 4.84. The number of rotatable bonds is 5. The second-order valence-electron chi connectivity index (χ2n) is 5.12. The number of ether oxygens (including phenoxy) is 1. The number of hydrogen-bond acceptors (Lipinski definition) is 4. The molecule has 1 amide bonds. The minimum atomic E-state index is -0.925. The minimum Gasteiger partial charge on any atom is -0.409 e. The van der Waals surface area contributed by atoms with E-state index in [0.29, 0.717) is 19.4 Å². The van der Waals surface area contributed by atoms with Crippen LogP contribution in [-0.2, 0) is 9.53 Å². The molecule has 2 unspecified atom stereocenters. The Balaban J connectivity index is 3.00. The fourth-order valence-electron chi connectivity index (χ4n) is 2.84. The predicted molar refractivity (Wildman–Crippen MR) is 73.0 cm³/mol. The molecular formula is C13H25N3O3. The van der Waals surface area contributed by atoms with Gasteiger partial charge in [-0.1, -0.05) is 19.0 Å². The first-order valence-electron chi connectivity index (χ1n) is 6.81. The number of nitrogens with zero attached hydrogens (tertiary/aromatic N) is 2. The van der Waals surface area contributed by atoms with Crippen LogP contribution in [0.2, 0.25) is 0 Å². The average molecular weight is 271 g/mol. The lowest BCUT2D eigenvalue weighted by atomic mass is 9.79. The molecule has 6 nitrogen and oxygen atoms in total. The van der Waals surface area contributed by atoms with Crippen molar-refractivity contribution in [3.63, 3.8) is 0 Å². The SMILES string of the molecule is CCC(CC)(C(=O)N(C)C1CCOC1C)C(N)=NO. The molecule has 1 saturated heterocycles. The summed E-state index contributed by atoms with van der Waals surface area (Å²) in [5.74, 6) is -0.115. The molecular weight excluding hydrogens is 246 g/mol. The van der Waals surface area contributed by atoms with Crippen molar-refractivity contribution in [2.24, 2.45) is 16.3 Å². The lowest BCUT2D eigenvalue weighted by Gasteiger charge is -2.36. The van der Waals surface area contributed by atoms with Gasteiger partial charge in [0.15, 0.2) is 5.84 Å². The molecule has 110 valence electrons. The molecule has 1 aliphatic rings. The third kappa shape index (κ3) is 2.68. The zero-order valence-corrected chi connectivity index (χ0v) is 12.2. The van der Waals surface area contributed by atoms with Gasteiger partial charge in [0, 0.05) is 13.7 Å². The Hall–Kier alpha value is -1.30. The number of likely N-dealkylation sites (N-methyl/N-ethyl adjacent to an activating group) is 1. The lowest BCUT2D eigenvalue weighted by molar-refractivity contribution is -0.140. The molecule has 0 aromatic rings. The van der Waals surface area contributed by atoms with Gasteiger partial charge in [0.2, 0.25) is 5.91 Å². The second kappa shape index (κ2) is 6.23. The molecule has 1 fully saturated rings. The maximum Gasteiger partial charge on any atom is 0.236 e. The van der Waals surface area contributed by atoms with Crippen LogP contribution < -0.4 is 5.73 Å². The number of oxime groups is 1. The first-order valence-corrected chi connectivity index (χ1v) is 6.81. The molecule has 19 heavy (non-hydrogen) atoms. The third-order valence-corrected chi connectivity index (χ3v) is 4.37. The van der Waals surface area contributed by atoms with E-state index in [-0.39, 0.29) is 23.9 Å². The highest BCUT2D eigenvalue weighted by molar-refractivity contribution is 6.06. The minimum absolute atomic E-state index is 0.0130. The Bertz CT molecular complexity index is 353. The summed E-state index contributed by atoms with van der Waals surface area (Å²) in [7, 11) is 1.77. The summed E-state index contributed by atoms with van der Waals surface area (Å²) >= 11 is 0. The van der Waals surface area contributed by atoms with E-state index in [9.17, 15) is 4.79 Å². The van der Waals surface area contributed by atoms with Gasteiger partial charge in [-0.15, -0.1) is 0 Å². The van der Waals surface area contributed by atoms with Crippen LogP contribution in [0.3, 0.4) is 0 Å². The van der Waals surface area contributed by atoms with Crippen molar-refractivity contribution in [3.05, 3.63) is 0 Å². The molecule has 0 saturated carbocycles. The van der Waals surface area contributed by atoms with Crippen LogP contribution in [0.15, 0.2) is 5.16 Å². The molecule has 0 bridgehead atoms. The quantitative estimate of drug-likeness (QED) is 0.340. The van der Waals surface area contributed by atoms with Crippen molar-refractivity contribution in [2.75, 3.05) is 13.7 Å². The Morgan fingerprint density at radius 3 is 2.47 bits per heavy atom. The third-order valence-electron chi connectivity index (χ3n) is 4.37. The zero-order chi connectivity index (χ0) is 14.6. The van der Waals surface area contributed by atoms with Crippen molar-refractivity contribution in [3.8, 4) is 0 Å². The Morgan fingerprint density at radius 2 is 2.11 bits per heavy atom. The van der Waals surface area contributed by atoms with Crippen LogP contribution in [-0.4, -0.2) is 47.7 Å². The fraction of sp³-hybridized carbons (Fsp3) is 0.846. The number of carbonyl (C=O) groups excluding carboxylic acids is 1. The predicted octanol–water partition coefficient (Wildman–Crippen LogP) is 1.17. The summed E-state index contributed by atoms with van der Waals surface area (Å²) < 4.78 is 5.50.